The third kappa shape index (κ3) is 6.70. The van der Waals surface area contributed by atoms with Gasteiger partial charge in [-0.05, 0) is 39.1 Å². The first-order valence-corrected chi connectivity index (χ1v) is 13.4. The molecule has 0 aliphatic rings. The van der Waals surface area contributed by atoms with Crippen LogP contribution in [0, 0.1) is 0 Å². The maximum Gasteiger partial charge on any atom is 0.236 e. The lowest BCUT2D eigenvalue weighted by Crippen LogP contribution is -2.23. The second-order valence-corrected chi connectivity index (χ2v) is 10.4. The summed E-state index contributed by atoms with van der Waals surface area (Å²) >= 11 is 14.8. The van der Waals surface area contributed by atoms with E-state index in [-0.39, 0.29) is 17.7 Å². The summed E-state index contributed by atoms with van der Waals surface area (Å²) in [6, 6.07) is 5.53. The second-order valence-electron chi connectivity index (χ2n) is 7.74. The Balaban J connectivity index is 1.65. The number of aromatic nitrogens is 4. The molecule has 0 aliphatic carbocycles. The summed E-state index contributed by atoms with van der Waals surface area (Å²) in [5.74, 6) is 1.04. The number of hydrogen-bond donors (Lipinski definition) is 1. The molecule has 1 aromatic carbocycles. The molecule has 1 amide bonds. The van der Waals surface area contributed by atoms with Gasteiger partial charge in [-0.3, -0.25) is 9.69 Å². The summed E-state index contributed by atoms with van der Waals surface area (Å²) in [7, 11) is 4.10. The van der Waals surface area contributed by atoms with E-state index in [0.717, 1.165) is 48.0 Å². The third-order valence-corrected chi connectivity index (χ3v) is 7.55. The quantitative estimate of drug-likeness (QED) is 0.297. The molecule has 2 heterocycles. The van der Waals surface area contributed by atoms with Crippen LogP contribution in [0.25, 0.3) is 11.3 Å². The van der Waals surface area contributed by atoms with E-state index >= 15 is 0 Å². The van der Waals surface area contributed by atoms with Crippen LogP contribution in [0.4, 0.5) is 5.13 Å². The number of unbranched alkanes of at least 4 members (excludes halogenated alkanes) is 1. The van der Waals surface area contributed by atoms with Crippen molar-refractivity contribution in [3.8, 4) is 11.3 Å². The SMILES string of the molecule is CCCCn1c(SCC(=O)Nc2nc(-c3ccc(Cl)c(Cl)c3)cs2)nnc1[C@@H](CC)N(C)C. The largest absolute Gasteiger partial charge is 0.305 e. The van der Waals surface area contributed by atoms with Crippen molar-refractivity contribution in [1.29, 1.82) is 0 Å². The Labute approximate surface area is 212 Å². The number of halogens is 2. The maximum atomic E-state index is 12.6. The Hall–Kier alpha value is -1.65. The lowest BCUT2D eigenvalue weighted by atomic mass is 10.2. The van der Waals surface area contributed by atoms with Crippen molar-refractivity contribution in [2.24, 2.45) is 0 Å². The first kappa shape index (κ1) is 26.0. The van der Waals surface area contributed by atoms with Crippen LogP contribution in [0.3, 0.4) is 0 Å². The van der Waals surface area contributed by atoms with Crippen LogP contribution in [0.2, 0.25) is 10.0 Å². The Morgan fingerprint density at radius 3 is 2.70 bits per heavy atom. The number of hydrogen-bond acceptors (Lipinski definition) is 7. The summed E-state index contributed by atoms with van der Waals surface area (Å²) in [4.78, 5) is 19.2. The minimum absolute atomic E-state index is 0.138. The van der Waals surface area contributed by atoms with Gasteiger partial charge in [-0.1, -0.05) is 61.3 Å². The molecule has 11 heteroatoms. The maximum absolute atomic E-state index is 12.6. The predicted octanol–water partition coefficient (Wildman–Crippen LogP) is 6.25. The molecule has 2 aromatic heterocycles. The average molecular weight is 528 g/mol. The van der Waals surface area contributed by atoms with Crippen molar-refractivity contribution in [3.63, 3.8) is 0 Å². The fraction of sp³-hybridized carbons (Fsp3) is 0.455. The van der Waals surface area contributed by atoms with Gasteiger partial charge < -0.3 is 9.88 Å². The molecule has 0 fully saturated rings. The molecular formula is C22H28Cl2N6OS2. The molecule has 3 rings (SSSR count). The number of nitrogens with one attached hydrogen (secondary N) is 1. The minimum Gasteiger partial charge on any atom is -0.305 e. The summed E-state index contributed by atoms with van der Waals surface area (Å²) < 4.78 is 2.15. The fourth-order valence-electron chi connectivity index (χ4n) is 3.36. The van der Waals surface area contributed by atoms with E-state index in [4.69, 9.17) is 23.2 Å². The first-order valence-electron chi connectivity index (χ1n) is 10.8. The van der Waals surface area contributed by atoms with Gasteiger partial charge in [0.2, 0.25) is 5.91 Å². The summed E-state index contributed by atoms with van der Waals surface area (Å²) in [5.41, 5.74) is 1.58. The van der Waals surface area contributed by atoms with Crippen LogP contribution >= 0.6 is 46.3 Å². The molecule has 0 bridgehead atoms. The topological polar surface area (TPSA) is 75.9 Å². The van der Waals surface area contributed by atoms with Crippen LogP contribution in [0.1, 0.15) is 45.0 Å². The minimum atomic E-state index is -0.138. The number of anilines is 1. The molecule has 0 spiro atoms. The van der Waals surface area contributed by atoms with E-state index < -0.39 is 0 Å². The van der Waals surface area contributed by atoms with E-state index in [1.807, 2.05) is 25.5 Å². The molecule has 7 nitrogen and oxygen atoms in total. The van der Waals surface area contributed by atoms with Crippen LogP contribution in [-0.4, -0.2) is 50.4 Å². The highest BCUT2D eigenvalue weighted by atomic mass is 35.5. The van der Waals surface area contributed by atoms with Gasteiger partial charge in [0.05, 0.1) is 27.5 Å². The second kappa shape index (κ2) is 12.2. The molecule has 1 N–H and O–H groups in total. The monoisotopic (exact) mass is 526 g/mol. The van der Waals surface area contributed by atoms with Gasteiger partial charge in [0.1, 0.15) is 0 Å². The van der Waals surface area contributed by atoms with Crippen LogP contribution in [-0.2, 0) is 11.3 Å². The highest BCUT2D eigenvalue weighted by Crippen LogP contribution is 2.31. The molecule has 3 aromatic rings. The molecule has 0 saturated heterocycles. The normalized spacial score (nSPS) is 12.3. The Morgan fingerprint density at radius 1 is 1.24 bits per heavy atom. The van der Waals surface area contributed by atoms with Crippen LogP contribution in [0.5, 0.6) is 0 Å². The van der Waals surface area contributed by atoms with Crippen molar-refractivity contribution >= 4 is 57.3 Å². The Kier molecular flexibility index (Phi) is 9.57. The van der Waals surface area contributed by atoms with Gasteiger partial charge in [-0.25, -0.2) is 4.98 Å². The lowest BCUT2D eigenvalue weighted by molar-refractivity contribution is -0.113. The number of rotatable bonds is 11. The Morgan fingerprint density at radius 2 is 2.03 bits per heavy atom. The molecule has 0 aliphatic heterocycles. The summed E-state index contributed by atoms with van der Waals surface area (Å²) in [5, 5.41) is 15.9. The molecular weight excluding hydrogens is 499 g/mol. The molecule has 0 radical (unpaired) electrons. The lowest BCUT2D eigenvalue weighted by Gasteiger charge is -2.23. The van der Waals surface area contributed by atoms with Crippen molar-refractivity contribution in [2.75, 3.05) is 25.2 Å². The van der Waals surface area contributed by atoms with Crippen LogP contribution < -0.4 is 5.32 Å². The molecule has 178 valence electrons. The number of nitrogens with zero attached hydrogens (tertiary/aromatic N) is 5. The average Bonchev–Trinajstić information content (AvgIpc) is 3.40. The zero-order valence-corrected chi connectivity index (χ0v) is 22.3. The number of carbonyl (C=O) groups excluding carboxylic acids is 1. The standard InChI is InChI=1S/C22H28Cl2N6OS2/c1-5-7-10-30-20(18(6-2)29(3)4)27-28-22(30)33-13-19(31)26-21-25-17(12-32-21)14-8-9-15(23)16(24)11-14/h8-9,11-12,18H,5-7,10,13H2,1-4H3,(H,25,26,31)/t18-/m1/s1. The van der Waals surface area contributed by atoms with E-state index in [0.29, 0.717) is 15.2 Å². The number of benzene rings is 1. The highest BCUT2D eigenvalue weighted by Gasteiger charge is 2.22. The predicted molar refractivity (Wildman–Crippen MR) is 139 cm³/mol. The summed E-state index contributed by atoms with van der Waals surface area (Å²) in [6.07, 6.45) is 3.05. The smallest absolute Gasteiger partial charge is 0.236 e. The fourth-order valence-corrected chi connectivity index (χ4v) is 5.17. The molecule has 33 heavy (non-hydrogen) atoms. The van der Waals surface area contributed by atoms with E-state index in [1.165, 1.54) is 23.1 Å². The van der Waals surface area contributed by atoms with Gasteiger partial charge in [0.15, 0.2) is 16.1 Å². The van der Waals surface area contributed by atoms with Gasteiger partial charge in [0.25, 0.3) is 0 Å². The van der Waals surface area contributed by atoms with Crippen molar-refractivity contribution < 1.29 is 4.79 Å². The first-order chi connectivity index (χ1) is 15.8. The van der Waals surface area contributed by atoms with Crippen molar-refractivity contribution in [3.05, 3.63) is 39.4 Å². The van der Waals surface area contributed by atoms with Gasteiger partial charge in [-0.15, -0.1) is 21.5 Å². The number of thioether (sulfide) groups is 1. The Bertz CT molecular complexity index is 1080. The number of amides is 1. The third-order valence-electron chi connectivity index (χ3n) is 5.09. The van der Waals surface area contributed by atoms with Gasteiger partial charge in [-0.2, -0.15) is 0 Å². The number of carbonyl (C=O) groups is 1. The van der Waals surface area contributed by atoms with E-state index in [1.54, 1.807) is 12.1 Å². The van der Waals surface area contributed by atoms with E-state index in [2.05, 4.69) is 43.8 Å². The van der Waals surface area contributed by atoms with Crippen molar-refractivity contribution in [1.82, 2.24) is 24.6 Å². The molecule has 0 saturated carbocycles. The van der Waals surface area contributed by atoms with Gasteiger partial charge in [0, 0.05) is 17.5 Å². The number of thiazole rings is 1. The highest BCUT2D eigenvalue weighted by molar-refractivity contribution is 7.99. The zero-order valence-electron chi connectivity index (χ0n) is 19.1. The molecule has 0 unspecified atom stereocenters. The van der Waals surface area contributed by atoms with E-state index in [9.17, 15) is 4.79 Å². The summed E-state index contributed by atoms with van der Waals surface area (Å²) in [6.45, 7) is 5.14. The van der Waals surface area contributed by atoms with Gasteiger partial charge >= 0.3 is 0 Å². The van der Waals surface area contributed by atoms with Crippen molar-refractivity contribution in [2.45, 2.75) is 50.9 Å². The molecule has 1 atom stereocenters. The van der Waals surface area contributed by atoms with Crippen LogP contribution in [0.15, 0.2) is 28.7 Å². The zero-order chi connectivity index (χ0) is 24.0.